The summed E-state index contributed by atoms with van der Waals surface area (Å²) in [6.07, 6.45) is -4.83. The third kappa shape index (κ3) is 5.49. The summed E-state index contributed by atoms with van der Waals surface area (Å²) in [6, 6.07) is 19.4. The smallest absolute Gasteiger partial charge is 0.416 e. The van der Waals surface area contributed by atoms with Crippen LogP contribution in [0, 0.1) is 13.8 Å². The highest BCUT2D eigenvalue weighted by atomic mass is 19.4. The fourth-order valence-electron chi connectivity index (χ4n) is 4.87. The molecule has 0 aliphatic carbocycles. The molecule has 0 aromatic heterocycles. The number of phenolic OH excluding ortho intramolecular Hbond substituents is 1. The minimum Gasteiger partial charge on any atom is -0.505 e. The monoisotopic (exact) mass is 559 g/mol. The zero-order valence-corrected chi connectivity index (χ0v) is 22.0. The van der Waals surface area contributed by atoms with Crippen LogP contribution in [-0.2, 0) is 11.0 Å². The van der Waals surface area contributed by atoms with E-state index in [0.29, 0.717) is 22.4 Å². The van der Waals surface area contributed by atoms with Gasteiger partial charge in [0.05, 0.1) is 34.6 Å². The number of phenols is 1. The standard InChI is InChI=1S/C31H24F3N3O4/c1-17-11-18(2)13-22(12-17)37-27-15-21(31(32,33)34)9-10-24(27)26(16-28(37)38)36-35-25-8-4-7-23(29(25)39)19-5-3-6-20(14-19)30(40)41/h3-15,35,39H,16H2,1-2H3,(H,40,41)/b36-26+. The van der Waals surface area contributed by atoms with Crippen LogP contribution in [0.5, 0.6) is 5.75 Å². The second kappa shape index (κ2) is 10.5. The van der Waals surface area contributed by atoms with Gasteiger partial charge in [0.15, 0.2) is 0 Å². The third-order valence-electron chi connectivity index (χ3n) is 6.68. The second-order valence-corrected chi connectivity index (χ2v) is 9.74. The van der Waals surface area contributed by atoms with Gasteiger partial charge in [-0.3, -0.25) is 15.1 Å². The molecular formula is C31H24F3N3O4. The van der Waals surface area contributed by atoms with E-state index in [1.807, 2.05) is 19.9 Å². The van der Waals surface area contributed by atoms with Crippen molar-refractivity contribution in [3.05, 3.63) is 107 Å². The van der Waals surface area contributed by atoms with Gasteiger partial charge in [0.1, 0.15) is 5.75 Å². The number of hydrogen-bond acceptors (Lipinski definition) is 5. The van der Waals surface area contributed by atoms with E-state index in [9.17, 15) is 33.0 Å². The summed E-state index contributed by atoms with van der Waals surface area (Å²) >= 11 is 0. The zero-order valence-electron chi connectivity index (χ0n) is 22.0. The Bertz CT molecular complexity index is 1710. The van der Waals surface area contributed by atoms with E-state index in [4.69, 9.17) is 0 Å². The number of nitrogens with zero attached hydrogens (tertiary/aromatic N) is 2. The molecule has 1 amide bonds. The lowest BCUT2D eigenvalue weighted by Gasteiger charge is -2.31. The van der Waals surface area contributed by atoms with Gasteiger partial charge in [-0.05, 0) is 73.0 Å². The number of fused-ring (bicyclic) bond motifs is 1. The first-order valence-electron chi connectivity index (χ1n) is 12.5. The summed E-state index contributed by atoms with van der Waals surface area (Å²) in [4.78, 5) is 26.0. The largest absolute Gasteiger partial charge is 0.505 e. The van der Waals surface area contributed by atoms with Crippen LogP contribution in [0.3, 0.4) is 0 Å². The molecule has 1 aliphatic rings. The Morgan fingerprint density at radius 3 is 2.32 bits per heavy atom. The average Bonchev–Trinajstić information content (AvgIpc) is 2.91. The van der Waals surface area contributed by atoms with Crippen molar-refractivity contribution in [2.45, 2.75) is 26.4 Å². The summed E-state index contributed by atoms with van der Waals surface area (Å²) in [6.45, 7) is 3.68. The van der Waals surface area contributed by atoms with Gasteiger partial charge >= 0.3 is 12.1 Å². The fourth-order valence-corrected chi connectivity index (χ4v) is 4.87. The fraction of sp³-hybridized carbons (Fsp3) is 0.129. The minimum atomic E-state index is -4.62. The number of aromatic hydroxyl groups is 1. The topological polar surface area (TPSA) is 102 Å². The van der Waals surface area contributed by atoms with Crippen LogP contribution in [0.25, 0.3) is 11.1 Å². The molecule has 4 aromatic carbocycles. The second-order valence-electron chi connectivity index (χ2n) is 9.74. The van der Waals surface area contributed by atoms with E-state index in [0.717, 1.165) is 23.3 Å². The van der Waals surface area contributed by atoms with E-state index in [2.05, 4.69) is 10.5 Å². The molecule has 0 fully saturated rings. The van der Waals surface area contributed by atoms with Gasteiger partial charge in [-0.1, -0.05) is 36.4 Å². The van der Waals surface area contributed by atoms with Crippen molar-refractivity contribution in [3.63, 3.8) is 0 Å². The zero-order chi connectivity index (χ0) is 29.5. The number of aryl methyl sites for hydroxylation is 2. The van der Waals surface area contributed by atoms with Crippen molar-refractivity contribution in [1.82, 2.24) is 0 Å². The number of alkyl halides is 3. The first-order valence-corrected chi connectivity index (χ1v) is 12.5. The molecule has 1 heterocycles. The number of carbonyl (C=O) groups excluding carboxylic acids is 1. The van der Waals surface area contributed by atoms with Gasteiger partial charge in [-0.25, -0.2) is 4.79 Å². The number of carboxylic acids is 1. The van der Waals surface area contributed by atoms with Gasteiger partial charge in [-0.2, -0.15) is 18.3 Å². The van der Waals surface area contributed by atoms with Crippen molar-refractivity contribution < 1.29 is 33.0 Å². The molecule has 4 aromatic rings. The highest BCUT2D eigenvalue weighted by Gasteiger charge is 2.36. The molecular weight excluding hydrogens is 535 g/mol. The lowest BCUT2D eigenvalue weighted by Crippen LogP contribution is -2.35. The van der Waals surface area contributed by atoms with Crippen LogP contribution >= 0.6 is 0 Å². The van der Waals surface area contributed by atoms with Crippen LogP contribution < -0.4 is 10.3 Å². The number of hydrazone groups is 1. The quantitative estimate of drug-likeness (QED) is 0.176. The number of benzene rings is 4. The summed E-state index contributed by atoms with van der Waals surface area (Å²) in [5, 5.41) is 24.6. The highest BCUT2D eigenvalue weighted by Crippen LogP contribution is 2.40. The molecule has 5 rings (SSSR count). The van der Waals surface area contributed by atoms with Crippen molar-refractivity contribution in [2.24, 2.45) is 5.10 Å². The van der Waals surface area contributed by atoms with E-state index in [1.165, 1.54) is 29.2 Å². The number of rotatable bonds is 5. The molecule has 1 aliphatic heterocycles. The predicted octanol–water partition coefficient (Wildman–Crippen LogP) is 7.28. The molecule has 10 heteroatoms. The van der Waals surface area contributed by atoms with Crippen LogP contribution in [0.1, 0.15) is 39.0 Å². The minimum absolute atomic E-state index is 0.0458. The summed E-state index contributed by atoms with van der Waals surface area (Å²) in [5.41, 5.74) is 5.57. The van der Waals surface area contributed by atoms with E-state index < -0.39 is 23.6 Å². The van der Waals surface area contributed by atoms with Crippen molar-refractivity contribution in [1.29, 1.82) is 0 Å². The number of para-hydroxylation sites is 1. The number of carbonyl (C=O) groups is 2. The summed E-state index contributed by atoms with van der Waals surface area (Å²) < 4.78 is 41.0. The first kappa shape index (κ1) is 27.4. The summed E-state index contributed by atoms with van der Waals surface area (Å²) in [5.74, 6) is -1.80. The molecule has 0 unspecified atom stereocenters. The Labute approximate surface area is 233 Å². The molecule has 0 spiro atoms. The molecule has 0 bridgehead atoms. The maximum Gasteiger partial charge on any atom is 0.416 e. The Morgan fingerprint density at radius 1 is 0.927 bits per heavy atom. The Kier molecular flexibility index (Phi) is 7.00. The lowest BCUT2D eigenvalue weighted by molar-refractivity contribution is -0.137. The van der Waals surface area contributed by atoms with Crippen LogP contribution in [-0.4, -0.2) is 27.8 Å². The van der Waals surface area contributed by atoms with E-state index >= 15 is 0 Å². The molecule has 7 nitrogen and oxygen atoms in total. The normalized spacial score (nSPS) is 14.2. The van der Waals surface area contributed by atoms with Crippen LogP contribution in [0.4, 0.5) is 30.2 Å². The Balaban J connectivity index is 1.56. The Hall–Kier alpha value is -5.12. The number of halogens is 3. The number of anilines is 3. The van der Waals surface area contributed by atoms with Gasteiger partial charge in [-0.15, -0.1) is 0 Å². The SMILES string of the molecule is Cc1cc(C)cc(N2C(=O)C/C(=N\Nc3cccc(-c4cccc(C(=O)O)c4)c3O)c3ccc(C(F)(F)F)cc32)c1. The van der Waals surface area contributed by atoms with Crippen molar-refractivity contribution in [3.8, 4) is 16.9 Å². The summed E-state index contributed by atoms with van der Waals surface area (Å²) in [7, 11) is 0. The van der Waals surface area contributed by atoms with E-state index in [1.54, 1.807) is 36.4 Å². The maximum absolute atomic E-state index is 13.7. The van der Waals surface area contributed by atoms with Gasteiger partial charge in [0, 0.05) is 16.8 Å². The Morgan fingerprint density at radius 2 is 1.63 bits per heavy atom. The van der Waals surface area contributed by atoms with Gasteiger partial charge in [0.25, 0.3) is 0 Å². The number of nitrogens with one attached hydrogen (secondary N) is 1. The number of aromatic carboxylic acids is 1. The predicted molar refractivity (Wildman–Crippen MR) is 150 cm³/mol. The van der Waals surface area contributed by atoms with Gasteiger partial charge in [0.2, 0.25) is 5.91 Å². The molecule has 0 radical (unpaired) electrons. The number of carboxylic acid groups (broad SMARTS) is 1. The lowest BCUT2D eigenvalue weighted by atomic mass is 9.95. The van der Waals surface area contributed by atoms with Crippen LogP contribution in [0.15, 0.2) is 84.0 Å². The van der Waals surface area contributed by atoms with Crippen molar-refractivity contribution >= 4 is 34.7 Å². The highest BCUT2D eigenvalue weighted by molar-refractivity contribution is 6.24. The number of hydrogen-bond donors (Lipinski definition) is 3. The third-order valence-corrected chi connectivity index (χ3v) is 6.68. The first-order chi connectivity index (χ1) is 19.4. The molecule has 41 heavy (non-hydrogen) atoms. The maximum atomic E-state index is 13.7. The molecule has 208 valence electrons. The molecule has 0 atom stereocenters. The van der Waals surface area contributed by atoms with Crippen LogP contribution in [0.2, 0.25) is 0 Å². The molecule has 3 N–H and O–H groups in total. The average molecular weight is 560 g/mol. The molecule has 0 saturated heterocycles. The number of amides is 1. The van der Waals surface area contributed by atoms with Gasteiger partial charge < -0.3 is 10.2 Å². The van der Waals surface area contributed by atoms with E-state index in [-0.39, 0.29) is 34.8 Å². The van der Waals surface area contributed by atoms with Crippen molar-refractivity contribution in [2.75, 3.05) is 10.3 Å². The molecule has 0 saturated carbocycles.